The van der Waals surface area contributed by atoms with Crippen molar-refractivity contribution >= 4 is 32.9 Å². The van der Waals surface area contributed by atoms with Crippen molar-refractivity contribution in [1.82, 2.24) is 0 Å². The van der Waals surface area contributed by atoms with Gasteiger partial charge in [0, 0.05) is 17.4 Å². The van der Waals surface area contributed by atoms with E-state index < -0.39 is 0 Å². The molecule has 0 spiro atoms. The largest absolute Gasteiger partial charge is 0.339 e. The molecule has 0 saturated heterocycles. The molecule has 0 heterocycles. The van der Waals surface area contributed by atoms with Gasteiger partial charge in [0.05, 0.1) is 0 Å². The van der Waals surface area contributed by atoms with Gasteiger partial charge in [-0.05, 0) is 76.9 Å². The Labute approximate surface area is 178 Å². The highest BCUT2D eigenvalue weighted by Gasteiger charge is 2.14. The van der Waals surface area contributed by atoms with E-state index in [1.807, 2.05) is 0 Å². The summed E-state index contributed by atoms with van der Waals surface area (Å²) in [6.45, 7) is 4.48. The Morgan fingerprint density at radius 2 is 0.967 bits per heavy atom. The van der Waals surface area contributed by atoms with E-state index in [1.54, 1.807) is 0 Å². The van der Waals surface area contributed by atoms with Crippen molar-refractivity contribution in [3.63, 3.8) is 0 Å². The second kappa shape index (κ2) is 7.68. The van der Waals surface area contributed by atoms with Crippen LogP contribution in [0.1, 0.15) is 13.8 Å². The van der Waals surface area contributed by atoms with Crippen LogP contribution < -0.4 is 4.90 Å². The number of benzene rings is 5. The maximum absolute atomic E-state index is 2.40. The molecule has 5 aromatic carbocycles. The minimum Gasteiger partial charge on any atom is -0.339 e. The molecule has 0 radical (unpaired) electrons. The molecule has 0 aromatic heterocycles. The lowest BCUT2D eigenvalue weighted by Gasteiger charge is -2.29. The van der Waals surface area contributed by atoms with Gasteiger partial charge in [0.2, 0.25) is 0 Å². The molecule has 1 heteroatoms. The van der Waals surface area contributed by atoms with Gasteiger partial charge in [0.1, 0.15) is 0 Å². The van der Waals surface area contributed by atoms with Gasteiger partial charge >= 0.3 is 0 Å². The van der Waals surface area contributed by atoms with Crippen LogP contribution in [-0.2, 0) is 0 Å². The number of nitrogens with zero attached hydrogens (tertiary/aromatic N) is 1. The Bertz CT molecular complexity index is 1320. The van der Waals surface area contributed by atoms with Crippen molar-refractivity contribution in [2.24, 2.45) is 0 Å². The standard InChI is InChI=1S/C29H25N/c1-21(2)30(29-18-15-23-8-4-6-10-26(23)20-29)28-16-13-24(14-17-28)27-12-11-22-7-3-5-9-25(22)19-27/h3-21H,1-2H3. The smallest absolute Gasteiger partial charge is 0.0419 e. The molecule has 0 aliphatic heterocycles. The number of hydrogen-bond acceptors (Lipinski definition) is 1. The SMILES string of the molecule is CC(C)N(c1ccc(-c2ccc3ccccc3c2)cc1)c1ccc2ccccc2c1. The fraction of sp³-hybridized carbons (Fsp3) is 0.103. The van der Waals surface area contributed by atoms with Crippen molar-refractivity contribution in [1.29, 1.82) is 0 Å². The molecule has 0 unspecified atom stereocenters. The fourth-order valence-electron chi connectivity index (χ4n) is 4.26. The predicted molar refractivity (Wildman–Crippen MR) is 131 cm³/mol. The third-order valence-corrected chi connectivity index (χ3v) is 5.76. The van der Waals surface area contributed by atoms with Crippen LogP contribution in [0, 0.1) is 0 Å². The van der Waals surface area contributed by atoms with E-state index in [0.29, 0.717) is 6.04 Å². The lowest BCUT2D eigenvalue weighted by molar-refractivity contribution is 0.789. The van der Waals surface area contributed by atoms with Crippen LogP contribution in [-0.4, -0.2) is 6.04 Å². The molecule has 5 aromatic rings. The summed E-state index contributed by atoms with van der Waals surface area (Å²) in [6, 6.07) is 39.7. The van der Waals surface area contributed by atoms with Gasteiger partial charge in [0.15, 0.2) is 0 Å². The molecule has 0 aliphatic rings. The molecule has 30 heavy (non-hydrogen) atoms. The Balaban J connectivity index is 1.51. The highest BCUT2D eigenvalue weighted by atomic mass is 15.2. The van der Waals surface area contributed by atoms with Crippen LogP contribution in [0.5, 0.6) is 0 Å². The summed E-state index contributed by atoms with van der Waals surface area (Å²) in [5, 5.41) is 5.10. The first-order valence-corrected chi connectivity index (χ1v) is 10.6. The second-order valence-electron chi connectivity index (χ2n) is 8.10. The van der Waals surface area contributed by atoms with Gasteiger partial charge in [-0.15, -0.1) is 0 Å². The van der Waals surface area contributed by atoms with Gasteiger partial charge in [-0.1, -0.05) is 78.9 Å². The van der Waals surface area contributed by atoms with E-state index in [9.17, 15) is 0 Å². The normalized spacial score (nSPS) is 11.3. The van der Waals surface area contributed by atoms with Gasteiger partial charge in [0.25, 0.3) is 0 Å². The number of anilines is 2. The molecule has 0 amide bonds. The molecular formula is C29H25N. The summed E-state index contributed by atoms with van der Waals surface area (Å²) in [4.78, 5) is 2.40. The molecule has 0 fully saturated rings. The zero-order valence-electron chi connectivity index (χ0n) is 17.4. The summed E-state index contributed by atoms with van der Waals surface area (Å²) >= 11 is 0. The van der Waals surface area contributed by atoms with Crippen molar-refractivity contribution in [3.8, 4) is 11.1 Å². The fourth-order valence-corrected chi connectivity index (χ4v) is 4.26. The maximum Gasteiger partial charge on any atom is 0.0419 e. The molecule has 146 valence electrons. The molecule has 0 aliphatic carbocycles. The summed E-state index contributed by atoms with van der Waals surface area (Å²) in [6.07, 6.45) is 0. The van der Waals surface area contributed by atoms with E-state index in [-0.39, 0.29) is 0 Å². The van der Waals surface area contributed by atoms with Crippen LogP contribution in [0.2, 0.25) is 0 Å². The number of fused-ring (bicyclic) bond motifs is 2. The minimum atomic E-state index is 0.359. The molecular weight excluding hydrogens is 362 g/mol. The Morgan fingerprint density at radius 3 is 1.60 bits per heavy atom. The van der Waals surface area contributed by atoms with E-state index in [0.717, 1.165) is 0 Å². The van der Waals surface area contributed by atoms with Gasteiger partial charge in [-0.3, -0.25) is 0 Å². The van der Waals surface area contributed by atoms with E-state index in [1.165, 1.54) is 44.0 Å². The molecule has 0 N–H and O–H groups in total. The first-order valence-electron chi connectivity index (χ1n) is 10.6. The summed E-state index contributed by atoms with van der Waals surface area (Å²) in [5.74, 6) is 0. The van der Waals surface area contributed by atoms with E-state index >= 15 is 0 Å². The maximum atomic E-state index is 2.40. The van der Waals surface area contributed by atoms with Crippen LogP contribution in [0.3, 0.4) is 0 Å². The first kappa shape index (κ1) is 18.4. The van der Waals surface area contributed by atoms with Crippen molar-refractivity contribution in [3.05, 3.63) is 109 Å². The molecule has 0 atom stereocenters. The lowest BCUT2D eigenvalue weighted by Crippen LogP contribution is -2.25. The number of hydrogen-bond donors (Lipinski definition) is 0. The Kier molecular flexibility index (Phi) is 4.72. The minimum absolute atomic E-state index is 0.359. The zero-order chi connectivity index (χ0) is 20.5. The molecule has 5 rings (SSSR count). The van der Waals surface area contributed by atoms with E-state index in [4.69, 9.17) is 0 Å². The molecule has 1 nitrogen and oxygen atoms in total. The average molecular weight is 388 g/mol. The summed E-state index contributed by atoms with van der Waals surface area (Å²) in [5.41, 5.74) is 4.93. The van der Waals surface area contributed by atoms with Gasteiger partial charge < -0.3 is 4.90 Å². The van der Waals surface area contributed by atoms with Crippen LogP contribution in [0.15, 0.2) is 109 Å². The lowest BCUT2D eigenvalue weighted by atomic mass is 10.0. The first-order chi connectivity index (χ1) is 14.7. The Morgan fingerprint density at radius 1 is 0.467 bits per heavy atom. The van der Waals surface area contributed by atoms with Crippen LogP contribution in [0.25, 0.3) is 32.7 Å². The third-order valence-electron chi connectivity index (χ3n) is 5.76. The van der Waals surface area contributed by atoms with Crippen molar-refractivity contribution in [2.45, 2.75) is 19.9 Å². The number of rotatable bonds is 4. The highest BCUT2D eigenvalue weighted by Crippen LogP contribution is 2.33. The monoisotopic (exact) mass is 387 g/mol. The van der Waals surface area contributed by atoms with Crippen molar-refractivity contribution in [2.75, 3.05) is 4.90 Å². The second-order valence-corrected chi connectivity index (χ2v) is 8.10. The topological polar surface area (TPSA) is 3.24 Å². The molecule has 0 bridgehead atoms. The Hall–Kier alpha value is -3.58. The summed E-state index contributed by atoms with van der Waals surface area (Å²) < 4.78 is 0. The summed E-state index contributed by atoms with van der Waals surface area (Å²) in [7, 11) is 0. The third kappa shape index (κ3) is 3.44. The predicted octanol–water partition coefficient (Wildman–Crippen LogP) is 8.21. The molecule has 0 saturated carbocycles. The van der Waals surface area contributed by atoms with Crippen LogP contribution in [0.4, 0.5) is 11.4 Å². The van der Waals surface area contributed by atoms with Gasteiger partial charge in [-0.25, -0.2) is 0 Å². The van der Waals surface area contributed by atoms with Crippen LogP contribution >= 0.6 is 0 Å². The van der Waals surface area contributed by atoms with Gasteiger partial charge in [-0.2, -0.15) is 0 Å². The highest BCUT2D eigenvalue weighted by molar-refractivity contribution is 5.88. The van der Waals surface area contributed by atoms with E-state index in [2.05, 4.69) is 128 Å². The quantitative estimate of drug-likeness (QED) is 0.300. The zero-order valence-corrected chi connectivity index (χ0v) is 17.4. The van der Waals surface area contributed by atoms with Crippen molar-refractivity contribution < 1.29 is 0 Å². The average Bonchev–Trinajstić information content (AvgIpc) is 2.79.